The van der Waals surface area contributed by atoms with E-state index in [1.54, 1.807) is 48.2 Å². The normalized spacial score (nSPS) is 16.4. The Morgan fingerprint density at radius 2 is 2.00 bits per heavy atom. The number of aryl methyl sites for hydroxylation is 1. The maximum absolute atomic E-state index is 14.0. The van der Waals surface area contributed by atoms with Crippen LogP contribution in [0.1, 0.15) is 27.1 Å². The van der Waals surface area contributed by atoms with Crippen LogP contribution in [0.2, 0.25) is 0 Å². The number of furan rings is 1. The van der Waals surface area contributed by atoms with E-state index in [-0.39, 0.29) is 28.8 Å². The van der Waals surface area contributed by atoms with Crippen molar-refractivity contribution in [2.75, 3.05) is 16.0 Å². The molecule has 4 rings (SSSR count). The summed E-state index contributed by atoms with van der Waals surface area (Å²) in [6, 6.07) is 15.3. The van der Waals surface area contributed by atoms with Crippen molar-refractivity contribution in [2.24, 2.45) is 0 Å². The van der Waals surface area contributed by atoms with Gasteiger partial charge in [-0.05, 0) is 54.4 Å². The second kappa shape index (κ2) is 7.52. The fourth-order valence-corrected chi connectivity index (χ4v) is 4.19. The molecule has 1 atom stereocenters. The van der Waals surface area contributed by atoms with Crippen LogP contribution in [0.25, 0.3) is 0 Å². The first-order valence-electron chi connectivity index (χ1n) is 8.67. The molecule has 1 aliphatic heterocycles. The Morgan fingerprint density at radius 1 is 1.21 bits per heavy atom. The molecule has 1 unspecified atom stereocenters. The summed E-state index contributed by atoms with van der Waals surface area (Å²) in [6.07, 6.45) is 1.44. The molecule has 1 saturated heterocycles. The third kappa shape index (κ3) is 3.53. The van der Waals surface area contributed by atoms with Gasteiger partial charge in [-0.25, -0.2) is 4.39 Å². The predicted molar refractivity (Wildman–Crippen MR) is 107 cm³/mol. The Bertz CT molecular complexity index is 1020. The highest BCUT2D eigenvalue weighted by molar-refractivity contribution is 8.00. The minimum Gasteiger partial charge on any atom is -0.459 e. The third-order valence-corrected chi connectivity index (χ3v) is 5.71. The van der Waals surface area contributed by atoms with Gasteiger partial charge in [-0.3, -0.25) is 14.5 Å². The summed E-state index contributed by atoms with van der Waals surface area (Å²) in [5.41, 5.74) is 2.59. The number of halogens is 1. The number of nitrogens with one attached hydrogen (secondary N) is 1. The Hall–Kier alpha value is -3.06. The van der Waals surface area contributed by atoms with Crippen molar-refractivity contribution in [3.63, 3.8) is 0 Å². The lowest BCUT2D eigenvalue weighted by atomic mass is 10.1. The van der Waals surface area contributed by atoms with E-state index in [0.29, 0.717) is 22.7 Å². The number of hydrogen-bond donors (Lipinski definition) is 1. The van der Waals surface area contributed by atoms with E-state index in [1.165, 1.54) is 24.1 Å². The molecule has 0 spiro atoms. The fraction of sp³-hybridized carbons (Fsp3) is 0.143. The van der Waals surface area contributed by atoms with Gasteiger partial charge in [0.1, 0.15) is 11.2 Å². The zero-order chi connectivity index (χ0) is 19.7. The molecule has 5 nitrogen and oxygen atoms in total. The molecule has 0 saturated carbocycles. The summed E-state index contributed by atoms with van der Waals surface area (Å²) >= 11 is 1.49. The lowest BCUT2D eigenvalue weighted by molar-refractivity contribution is -0.115. The fourth-order valence-electron chi connectivity index (χ4n) is 3.01. The molecule has 0 radical (unpaired) electrons. The van der Waals surface area contributed by atoms with Gasteiger partial charge in [0, 0.05) is 11.4 Å². The van der Waals surface area contributed by atoms with Gasteiger partial charge in [0.2, 0.25) is 5.91 Å². The van der Waals surface area contributed by atoms with Crippen molar-refractivity contribution in [3.05, 3.63) is 83.6 Å². The largest absolute Gasteiger partial charge is 0.459 e. The number of thioether (sulfide) groups is 1. The standard InChI is InChI=1S/C21H17FN2O3S/c1-13-4-9-16(11-17(13)22)24-19(25)12-28-21(24)14-5-7-15(8-6-14)23-20(26)18-3-2-10-27-18/h2-11,21H,12H2,1H3,(H,23,26). The number of amides is 2. The van der Waals surface area contributed by atoms with Crippen molar-refractivity contribution >= 4 is 35.0 Å². The predicted octanol–water partition coefficient (Wildman–Crippen LogP) is 4.76. The minimum absolute atomic E-state index is 0.0616. The van der Waals surface area contributed by atoms with Crippen LogP contribution in [0.15, 0.2) is 65.3 Å². The van der Waals surface area contributed by atoms with Crippen molar-refractivity contribution in [3.8, 4) is 0 Å². The van der Waals surface area contributed by atoms with Crippen molar-refractivity contribution in [1.29, 1.82) is 0 Å². The topological polar surface area (TPSA) is 62.6 Å². The molecular weight excluding hydrogens is 379 g/mol. The number of carbonyl (C=O) groups is 2. The molecular formula is C21H17FN2O3S. The highest BCUT2D eigenvalue weighted by Gasteiger charge is 2.34. The average molecular weight is 396 g/mol. The average Bonchev–Trinajstić information content (AvgIpc) is 3.35. The van der Waals surface area contributed by atoms with E-state index < -0.39 is 0 Å². The van der Waals surface area contributed by atoms with Crippen LogP contribution in [0.5, 0.6) is 0 Å². The molecule has 1 N–H and O–H groups in total. The second-order valence-electron chi connectivity index (χ2n) is 6.41. The van der Waals surface area contributed by atoms with Crippen molar-refractivity contribution in [2.45, 2.75) is 12.3 Å². The minimum atomic E-state index is -0.336. The van der Waals surface area contributed by atoms with Crippen LogP contribution in [0.4, 0.5) is 15.8 Å². The van der Waals surface area contributed by atoms with Crippen LogP contribution in [0.3, 0.4) is 0 Å². The molecule has 1 aromatic heterocycles. The first-order valence-corrected chi connectivity index (χ1v) is 9.72. The zero-order valence-electron chi connectivity index (χ0n) is 15.0. The molecule has 0 bridgehead atoms. The Balaban J connectivity index is 1.55. The number of nitrogens with zero attached hydrogens (tertiary/aromatic N) is 1. The molecule has 7 heteroatoms. The summed E-state index contributed by atoms with van der Waals surface area (Å²) in [6.45, 7) is 1.69. The van der Waals surface area contributed by atoms with Gasteiger partial charge in [0.25, 0.3) is 5.91 Å². The quantitative estimate of drug-likeness (QED) is 0.691. The second-order valence-corrected chi connectivity index (χ2v) is 7.48. The summed E-state index contributed by atoms with van der Waals surface area (Å²) in [4.78, 5) is 26.1. The summed E-state index contributed by atoms with van der Waals surface area (Å²) in [5, 5.41) is 2.51. The summed E-state index contributed by atoms with van der Waals surface area (Å²) < 4.78 is 19.1. The maximum atomic E-state index is 14.0. The van der Waals surface area contributed by atoms with Gasteiger partial charge in [-0.15, -0.1) is 11.8 Å². The van der Waals surface area contributed by atoms with Crippen LogP contribution in [-0.4, -0.2) is 17.6 Å². The first kappa shape index (κ1) is 18.3. The molecule has 142 valence electrons. The lowest BCUT2D eigenvalue weighted by Crippen LogP contribution is -2.28. The van der Waals surface area contributed by atoms with Gasteiger partial charge < -0.3 is 9.73 Å². The van der Waals surface area contributed by atoms with E-state index >= 15 is 0 Å². The number of rotatable bonds is 4. The van der Waals surface area contributed by atoms with Gasteiger partial charge in [-0.1, -0.05) is 18.2 Å². The van der Waals surface area contributed by atoms with Crippen LogP contribution in [-0.2, 0) is 4.79 Å². The van der Waals surface area contributed by atoms with E-state index in [9.17, 15) is 14.0 Å². The van der Waals surface area contributed by atoms with E-state index in [1.807, 2.05) is 12.1 Å². The summed E-state index contributed by atoms with van der Waals surface area (Å²) in [5.74, 6) is -0.171. The molecule has 28 heavy (non-hydrogen) atoms. The van der Waals surface area contributed by atoms with Crippen LogP contribution < -0.4 is 10.2 Å². The number of hydrogen-bond acceptors (Lipinski definition) is 4. The van der Waals surface area contributed by atoms with Gasteiger partial charge in [0.15, 0.2) is 5.76 Å². The molecule has 2 amide bonds. The van der Waals surface area contributed by atoms with Crippen molar-refractivity contribution in [1.82, 2.24) is 0 Å². The van der Waals surface area contributed by atoms with Crippen molar-refractivity contribution < 1.29 is 18.4 Å². The third-order valence-electron chi connectivity index (χ3n) is 4.50. The van der Waals surface area contributed by atoms with Gasteiger partial charge in [0.05, 0.1) is 12.0 Å². The highest BCUT2D eigenvalue weighted by atomic mass is 32.2. The summed E-state index contributed by atoms with van der Waals surface area (Å²) in [7, 11) is 0. The number of carbonyl (C=O) groups excluding carboxylic acids is 2. The first-order chi connectivity index (χ1) is 13.5. The lowest BCUT2D eigenvalue weighted by Gasteiger charge is -2.24. The molecule has 1 fully saturated rings. The molecule has 1 aliphatic rings. The smallest absolute Gasteiger partial charge is 0.291 e. The number of benzene rings is 2. The molecule has 3 aromatic rings. The monoisotopic (exact) mass is 396 g/mol. The Kier molecular flexibility index (Phi) is 4.92. The van der Waals surface area contributed by atoms with Crippen LogP contribution >= 0.6 is 11.8 Å². The zero-order valence-corrected chi connectivity index (χ0v) is 15.8. The van der Waals surface area contributed by atoms with E-state index in [4.69, 9.17) is 4.42 Å². The SMILES string of the molecule is Cc1ccc(N2C(=O)CSC2c2ccc(NC(=O)c3ccco3)cc2)cc1F. The highest BCUT2D eigenvalue weighted by Crippen LogP contribution is 2.42. The molecule has 0 aliphatic carbocycles. The van der Waals surface area contributed by atoms with Crippen LogP contribution in [0, 0.1) is 12.7 Å². The molecule has 2 aromatic carbocycles. The van der Waals surface area contributed by atoms with E-state index in [0.717, 1.165) is 5.56 Å². The molecule has 2 heterocycles. The van der Waals surface area contributed by atoms with Gasteiger partial charge in [-0.2, -0.15) is 0 Å². The van der Waals surface area contributed by atoms with E-state index in [2.05, 4.69) is 5.32 Å². The number of anilines is 2. The maximum Gasteiger partial charge on any atom is 0.291 e. The van der Waals surface area contributed by atoms with Gasteiger partial charge >= 0.3 is 0 Å². The Labute approximate surface area is 165 Å². The Morgan fingerprint density at radius 3 is 2.68 bits per heavy atom.